The molecular formula is C19H20F3N3O. The summed E-state index contributed by atoms with van der Waals surface area (Å²) in [6, 6.07) is 12.6. The summed E-state index contributed by atoms with van der Waals surface area (Å²) in [5.41, 5.74) is 9.98. The van der Waals surface area contributed by atoms with Gasteiger partial charge in [0.15, 0.2) is 12.6 Å². The molecule has 0 fully saturated rings. The van der Waals surface area contributed by atoms with Crippen LogP contribution in [0.5, 0.6) is 5.75 Å². The second-order valence-corrected chi connectivity index (χ2v) is 6.18. The first-order valence-electron chi connectivity index (χ1n) is 8.37. The number of fused-ring (bicyclic) bond motifs is 1. The van der Waals surface area contributed by atoms with E-state index in [9.17, 15) is 13.2 Å². The first-order valence-corrected chi connectivity index (χ1v) is 8.37. The summed E-state index contributed by atoms with van der Waals surface area (Å²) >= 11 is 0. The maximum atomic E-state index is 12.3. The molecule has 1 aliphatic rings. The zero-order valence-electron chi connectivity index (χ0n) is 14.1. The number of aliphatic imine (C=N–C) groups is 1. The highest BCUT2D eigenvalue weighted by Gasteiger charge is 2.28. The summed E-state index contributed by atoms with van der Waals surface area (Å²) < 4.78 is 41.9. The SMILES string of the molecule is NC(=NCc1ccccc1OCC(F)(F)F)Nc1ccc2c(c1)CCC2. The minimum absolute atomic E-state index is 0.123. The summed E-state index contributed by atoms with van der Waals surface area (Å²) in [4.78, 5) is 4.21. The van der Waals surface area contributed by atoms with Gasteiger partial charge in [0, 0.05) is 11.3 Å². The van der Waals surface area contributed by atoms with E-state index in [-0.39, 0.29) is 18.3 Å². The molecule has 0 saturated heterocycles. The van der Waals surface area contributed by atoms with Gasteiger partial charge in [0.2, 0.25) is 0 Å². The van der Waals surface area contributed by atoms with E-state index in [0.29, 0.717) is 5.56 Å². The molecule has 1 aliphatic carbocycles. The van der Waals surface area contributed by atoms with Crippen molar-refractivity contribution in [3.8, 4) is 5.75 Å². The molecule has 0 spiro atoms. The first kappa shape index (κ1) is 18.1. The van der Waals surface area contributed by atoms with E-state index in [1.165, 1.54) is 17.2 Å². The highest BCUT2D eigenvalue weighted by Crippen LogP contribution is 2.25. The Bertz CT molecular complexity index is 803. The van der Waals surface area contributed by atoms with Crippen LogP contribution in [-0.4, -0.2) is 18.7 Å². The van der Waals surface area contributed by atoms with Crippen molar-refractivity contribution in [2.24, 2.45) is 10.7 Å². The lowest BCUT2D eigenvalue weighted by Gasteiger charge is -2.12. The number of nitrogens with zero attached hydrogens (tertiary/aromatic N) is 1. The van der Waals surface area contributed by atoms with Crippen LogP contribution in [0.15, 0.2) is 47.5 Å². The number of rotatable bonds is 5. The predicted octanol–water partition coefficient (Wildman–Crippen LogP) is 4.04. The predicted molar refractivity (Wildman–Crippen MR) is 95.4 cm³/mol. The van der Waals surface area contributed by atoms with Crippen LogP contribution in [0, 0.1) is 0 Å². The first-order chi connectivity index (χ1) is 12.4. The van der Waals surface area contributed by atoms with Crippen molar-refractivity contribution in [2.45, 2.75) is 32.0 Å². The third-order valence-electron chi connectivity index (χ3n) is 4.15. The number of guanidine groups is 1. The quantitative estimate of drug-likeness (QED) is 0.623. The van der Waals surface area contributed by atoms with Gasteiger partial charge in [0.05, 0.1) is 6.54 Å². The lowest BCUT2D eigenvalue weighted by molar-refractivity contribution is -0.153. The van der Waals surface area contributed by atoms with Crippen LogP contribution in [0.1, 0.15) is 23.1 Å². The Morgan fingerprint density at radius 3 is 2.69 bits per heavy atom. The molecule has 0 aromatic heterocycles. The van der Waals surface area contributed by atoms with Gasteiger partial charge in [-0.15, -0.1) is 0 Å². The molecule has 0 heterocycles. The molecule has 4 nitrogen and oxygen atoms in total. The van der Waals surface area contributed by atoms with Gasteiger partial charge in [-0.05, 0) is 48.6 Å². The van der Waals surface area contributed by atoms with Crippen molar-refractivity contribution in [1.29, 1.82) is 0 Å². The fraction of sp³-hybridized carbons (Fsp3) is 0.316. The van der Waals surface area contributed by atoms with Crippen molar-refractivity contribution >= 4 is 11.6 Å². The van der Waals surface area contributed by atoms with E-state index in [2.05, 4.69) is 22.4 Å². The molecule has 0 bridgehead atoms. The Morgan fingerprint density at radius 2 is 1.88 bits per heavy atom. The number of alkyl halides is 3. The number of hydrogen-bond donors (Lipinski definition) is 2. The Morgan fingerprint density at radius 1 is 1.12 bits per heavy atom. The van der Waals surface area contributed by atoms with Crippen LogP contribution in [0.3, 0.4) is 0 Å². The Labute approximate surface area is 149 Å². The monoisotopic (exact) mass is 363 g/mol. The molecule has 0 saturated carbocycles. The van der Waals surface area contributed by atoms with Gasteiger partial charge in [-0.25, -0.2) is 4.99 Å². The number of anilines is 1. The van der Waals surface area contributed by atoms with E-state index in [0.717, 1.165) is 24.9 Å². The standard InChI is InChI=1S/C19H20F3N3O/c20-19(21,22)12-26-17-7-2-1-4-15(17)11-24-18(23)25-16-9-8-13-5-3-6-14(13)10-16/h1-2,4,7-10H,3,5-6,11-12H2,(H3,23,24,25). The van der Waals surface area contributed by atoms with E-state index < -0.39 is 12.8 Å². The third kappa shape index (κ3) is 4.91. The average molecular weight is 363 g/mol. The van der Waals surface area contributed by atoms with Gasteiger partial charge in [0.25, 0.3) is 0 Å². The van der Waals surface area contributed by atoms with Crippen molar-refractivity contribution < 1.29 is 17.9 Å². The normalized spacial score (nSPS) is 14.2. The summed E-state index contributed by atoms with van der Waals surface area (Å²) in [7, 11) is 0. The minimum Gasteiger partial charge on any atom is -0.484 e. The zero-order valence-corrected chi connectivity index (χ0v) is 14.1. The largest absolute Gasteiger partial charge is 0.484 e. The number of ether oxygens (including phenoxy) is 1. The summed E-state index contributed by atoms with van der Waals surface area (Å²) in [5, 5.41) is 3.02. The molecule has 0 amide bonds. The number of aryl methyl sites for hydroxylation is 2. The minimum atomic E-state index is -4.38. The highest BCUT2D eigenvalue weighted by molar-refractivity contribution is 5.92. The van der Waals surface area contributed by atoms with E-state index in [1.807, 2.05) is 6.07 Å². The van der Waals surface area contributed by atoms with Crippen LogP contribution >= 0.6 is 0 Å². The second-order valence-electron chi connectivity index (χ2n) is 6.18. The average Bonchev–Trinajstić information content (AvgIpc) is 3.06. The molecule has 0 aliphatic heterocycles. The Kier molecular flexibility index (Phi) is 5.35. The van der Waals surface area contributed by atoms with Crippen LogP contribution in [0.25, 0.3) is 0 Å². The van der Waals surface area contributed by atoms with Crippen LogP contribution < -0.4 is 15.8 Å². The number of hydrogen-bond acceptors (Lipinski definition) is 2. The lowest BCUT2D eigenvalue weighted by Crippen LogP contribution is -2.23. The van der Waals surface area contributed by atoms with Crippen molar-refractivity contribution in [3.05, 3.63) is 59.2 Å². The molecule has 0 radical (unpaired) electrons. The highest BCUT2D eigenvalue weighted by atomic mass is 19.4. The number of nitrogens with two attached hydrogens (primary N) is 1. The number of benzene rings is 2. The molecule has 3 rings (SSSR count). The second kappa shape index (κ2) is 7.68. The Hall–Kier alpha value is -2.70. The van der Waals surface area contributed by atoms with E-state index >= 15 is 0 Å². The molecule has 0 atom stereocenters. The molecule has 26 heavy (non-hydrogen) atoms. The third-order valence-corrected chi connectivity index (χ3v) is 4.15. The smallest absolute Gasteiger partial charge is 0.422 e. The molecule has 3 N–H and O–H groups in total. The molecule has 7 heteroatoms. The fourth-order valence-corrected chi connectivity index (χ4v) is 2.94. The molecular weight excluding hydrogens is 343 g/mol. The maximum Gasteiger partial charge on any atom is 0.422 e. The topological polar surface area (TPSA) is 59.6 Å². The summed E-state index contributed by atoms with van der Waals surface area (Å²) in [6.45, 7) is -1.21. The van der Waals surface area contributed by atoms with Crippen LogP contribution in [-0.2, 0) is 19.4 Å². The molecule has 0 unspecified atom stereocenters. The molecule has 2 aromatic carbocycles. The summed E-state index contributed by atoms with van der Waals surface area (Å²) in [6.07, 6.45) is -1.05. The van der Waals surface area contributed by atoms with Crippen LogP contribution in [0.4, 0.5) is 18.9 Å². The number of nitrogens with one attached hydrogen (secondary N) is 1. The van der Waals surface area contributed by atoms with Gasteiger partial charge < -0.3 is 15.8 Å². The van der Waals surface area contributed by atoms with E-state index in [4.69, 9.17) is 10.5 Å². The molecule has 2 aromatic rings. The zero-order chi connectivity index (χ0) is 18.6. The number of halogens is 3. The molecule has 138 valence electrons. The van der Waals surface area contributed by atoms with Crippen molar-refractivity contribution in [3.63, 3.8) is 0 Å². The Balaban J connectivity index is 1.64. The number of para-hydroxylation sites is 1. The fourth-order valence-electron chi connectivity index (χ4n) is 2.94. The van der Waals surface area contributed by atoms with Gasteiger partial charge in [-0.2, -0.15) is 13.2 Å². The van der Waals surface area contributed by atoms with E-state index in [1.54, 1.807) is 18.2 Å². The van der Waals surface area contributed by atoms with Gasteiger partial charge in [0.1, 0.15) is 5.75 Å². The maximum absolute atomic E-state index is 12.3. The van der Waals surface area contributed by atoms with Crippen molar-refractivity contribution in [2.75, 3.05) is 11.9 Å². The van der Waals surface area contributed by atoms with Crippen molar-refractivity contribution in [1.82, 2.24) is 0 Å². The van der Waals surface area contributed by atoms with Crippen LogP contribution in [0.2, 0.25) is 0 Å². The van der Waals surface area contributed by atoms with Gasteiger partial charge >= 0.3 is 6.18 Å². The summed E-state index contributed by atoms with van der Waals surface area (Å²) in [5.74, 6) is 0.354. The lowest BCUT2D eigenvalue weighted by atomic mass is 10.1. The van der Waals surface area contributed by atoms with Gasteiger partial charge in [-0.3, -0.25) is 0 Å². The van der Waals surface area contributed by atoms with Gasteiger partial charge in [-0.1, -0.05) is 24.3 Å².